The van der Waals surface area contributed by atoms with Crippen molar-refractivity contribution in [2.24, 2.45) is 0 Å². The molecular weight excluding hydrogens is 498 g/mol. The van der Waals surface area contributed by atoms with Crippen molar-refractivity contribution in [1.82, 2.24) is 24.1 Å². The molecule has 39 heavy (non-hydrogen) atoms. The van der Waals surface area contributed by atoms with E-state index < -0.39 is 0 Å². The Balaban J connectivity index is 1.42. The lowest BCUT2D eigenvalue weighted by Gasteiger charge is -2.19. The minimum atomic E-state index is 0.0927. The van der Waals surface area contributed by atoms with E-state index in [4.69, 9.17) is 4.98 Å². The van der Waals surface area contributed by atoms with Crippen LogP contribution in [0.3, 0.4) is 0 Å². The van der Waals surface area contributed by atoms with Crippen LogP contribution in [0, 0.1) is 6.92 Å². The molecule has 3 aromatic heterocycles. The average molecular weight is 530 g/mol. The van der Waals surface area contributed by atoms with Crippen molar-refractivity contribution >= 4 is 17.4 Å². The second-order valence-electron chi connectivity index (χ2n) is 10.8. The normalized spacial score (nSPS) is 11.8. The Morgan fingerprint density at radius 1 is 0.744 bits per heavy atom. The van der Waals surface area contributed by atoms with Crippen LogP contribution in [0.15, 0.2) is 108 Å². The predicted octanol–water partition coefficient (Wildman–Crippen LogP) is 8.15. The summed E-state index contributed by atoms with van der Waals surface area (Å²) in [5.41, 5.74) is 8.86. The van der Waals surface area contributed by atoms with E-state index in [1.165, 1.54) is 11.1 Å². The molecule has 6 aromatic rings. The molecule has 0 aliphatic carbocycles. The molecule has 0 N–H and O–H groups in total. The van der Waals surface area contributed by atoms with Crippen molar-refractivity contribution in [2.45, 2.75) is 44.0 Å². The molecule has 0 saturated heterocycles. The standard InChI is InChI=1S/C33H31N5S/c1-23-15-20-29-34-30(24-11-7-5-8-12-24)28(37(29)21-23)22-39-32-36-35-31(38(32)27-13-9-6-10-14-27)25-16-18-26(19-17-25)33(2,3)4/h5-21H,22H2,1-4H3. The average Bonchev–Trinajstić information content (AvgIpc) is 3.53. The molecule has 0 fully saturated rings. The summed E-state index contributed by atoms with van der Waals surface area (Å²) in [6, 6.07) is 33.6. The number of nitrogens with zero attached hydrogens (tertiary/aromatic N) is 5. The van der Waals surface area contributed by atoms with Crippen molar-refractivity contribution in [3.63, 3.8) is 0 Å². The third-order valence-electron chi connectivity index (χ3n) is 6.91. The minimum absolute atomic E-state index is 0.0927. The molecular formula is C33H31N5S. The van der Waals surface area contributed by atoms with Crippen LogP contribution in [0.4, 0.5) is 0 Å². The van der Waals surface area contributed by atoms with Crippen LogP contribution in [-0.2, 0) is 11.2 Å². The van der Waals surface area contributed by atoms with Gasteiger partial charge in [-0.1, -0.05) is 111 Å². The number of fused-ring (bicyclic) bond motifs is 1. The number of aromatic nitrogens is 5. The smallest absolute Gasteiger partial charge is 0.196 e. The highest BCUT2D eigenvalue weighted by atomic mass is 32.2. The Labute approximate surface area is 233 Å². The summed E-state index contributed by atoms with van der Waals surface area (Å²) in [6.45, 7) is 8.81. The lowest BCUT2D eigenvalue weighted by molar-refractivity contribution is 0.590. The van der Waals surface area contributed by atoms with Gasteiger partial charge in [0.15, 0.2) is 11.0 Å². The molecule has 0 amide bonds. The minimum Gasteiger partial charge on any atom is -0.302 e. The fourth-order valence-corrected chi connectivity index (χ4v) is 5.74. The largest absolute Gasteiger partial charge is 0.302 e. The van der Waals surface area contributed by atoms with Crippen molar-refractivity contribution in [3.8, 4) is 28.3 Å². The van der Waals surface area contributed by atoms with Gasteiger partial charge in [0.05, 0.1) is 11.4 Å². The number of imidazole rings is 1. The van der Waals surface area contributed by atoms with Crippen LogP contribution in [0.25, 0.3) is 34.0 Å². The summed E-state index contributed by atoms with van der Waals surface area (Å²) in [4.78, 5) is 5.00. The van der Waals surface area contributed by atoms with Gasteiger partial charge in [0, 0.05) is 28.8 Å². The first kappa shape index (κ1) is 25.1. The summed E-state index contributed by atoms with van der Waals surface area (Å²) < 4.78 is 4.37. The number of benzene rings is 3. The zero-order valence-electron chi connectivity index (χ0n) is 22.7. The van der Waals surface area contributed by atoms with Crippen molar-refractivity contribution in [3.05, 3.63) is 120 Å². The summed E-state index contributed by atoms with van der Waals surface area (Å²) in [7, 11) is 0. The van der Waals surface area contributed by atoms with Crippen LogP contribution in [-0.4, -0.2) is 24.1 Å². The first-order valence-electron chi connectivity index (χ1n) is 13.2. The molecule has 0 atom stereocenters. The van der Waals surface area contributed by atoms with Gasteiger partial charge in [-0.2, -0.15) is 0 Å². The Morgan fingerprint density at radius 2 is 1.44 bits per heavy atom. The van der Waals surface area contributed by atoms with Gasteiger partial charge in [0.2, 0.25) is 0 Å². The van der Waals surface area contributed by atoms with Gasteiger partial charge in [-0.3, -0.25) is 4.57 Å². The van der Waals surface area contributed by atoms with Crippen molar-refractivity contribution in [2.75, 3.05) is 0 Å². The number of hydrogen-bond acceptors (Lipinski definition) is 4. The van der Waals surface area contributed by atoms with Crippen LogP contribution in [0.1, 0.15) is 37.6 Å². The quantitative estimate of drug-likeness (QED) is 0.204. The third-order valence-corrected chi connectivity index (χ3v) is 7.85. The molecule has 0 aliphatic heterocycles. The molecule has 0 aliphatic rings. The lowest BCUT2D eigenvalue weighted by Crippen LogP contribution is -2.10. The molecule has 6 heteroatoms. The van der Waals surface area contributed by atoms with Gasteiger partial charge < -0.3 is 4.40 Å². The van der Waals surface area contributed by atoms with Crippen molar-refractivity contribution < 1.29 is 0 Å². The van der Waals surface area contributed by atoms with Crippen molar-refractivity contribution in [1.29, 1.82) is 0 Å². The zero-order chi connectivity index (χ0) is 27.0. The molecule has 194 valence electrons. The summed E-state index contributed by atoms with van der Waals surface area (Å²) in [6.07, 6.45) is 2.16. The van der Waals surface area contributed by atoms with E-state index in [1.807, 2.05) is 12.1 Å². The number of pyridine rings is 1. The van der Waals surface area contributed by atoms with Gasteiger partial charge >= 0.3 is 0 Å². The topological polar surface area (TPSA) is 48.0 Å². The van der Waals surface area contributed by atoms with E-state index >= 15 is 0 Å². The maximum atomic E-state index is 5.00. The maximum absolute atomic E-state index is 5.00. The van der Waals surface area contributed by atoms with E-state index in [9.17, 15) is 0 Å². The Hall–Kier alpha value is -4.16. The molecule has 0 saturated carbocycles. The second kappa shape index (κ2) is 10.2. The Morgan fingerprint density at radius 3 is 2.13 bits per heavy atom. The molecule has 0 bridgehead atoms. The summed E-state index contributed by atoms with van der Waals surface area (Å²) in [5.74, 6) is 1.53. The number of aryl methyl sites for hydroxylation is 1. The predicted molar refractivity (Wildman–Crippen MR) is 160 cm³/mol. The molecule has 6 rings (SSSR count). The Kier molecular flexibility index (Phi) is 6.57. The van der Waals surface area contributed by atoms with Crippen LogP contribution in [0.2, 0.25) is 0 Å². The van der Waals surface area contributed by atoms with Gasteiger partial charge in [0.25, 0.3) is 0 Å². The lowest BCUT2D eigenvalue weighted by atomic mass is 9.87. The van der Waals surface area contributed by atoms with E-state index in [2.05, 4.69) is 138 Å². The first-order valence-corrected chi connectivity index (χ1v) is 14.1. The third kappa shape index (κ3) is 5.00. The summed E-state index contributed by atoms with van der Waals surface area (Å²) >= 11 is 1.68. The fraction of sp³-hybridized carbons (Fsp3) is 0.182. The highest BCUT2D eigenvalue weighted by Gasteiger charge is 2.20. The molecule has 0 radical (unpaired) electrons. The van der Waals surface area contributed by atoms with E-state index in [1.54, 1.807) is 11.8 Å². The molecule has 3 aromatic carbocycles. The number of thioether (sulfide) groups is 1. The summed E-state index contributed by atoms with van der Waals surface area (Å²) in [5, 5.41) is 10.2. The van der Waals surface area contributed by atoms with Crippen LogP contribution in [0.5, 0.6) is 0 Å². The molecule has 0 spiro atoms. The van der Waals surface area contributed by atoms with Gasteiger partial charge in [-0.15, -0.1) is 10.2 Å². The Bertz CT molecular complexity index is 1730. The van der Waals surface area contributed by atoms with Gasteiger partial charge in [-0.25, -0.2) is 4.98 Å². The van der Waals surface area contributed by atoms with E-state index in [0.29, 0.717) is 5.75 Å². The van der Waals surface area contributed by atoms with Crippen LogP contribution < -0.4 is 0 Å². The van der Waals surface area contributed by atoms with Gasteiger partial charge in [-0.05, 0) is 41.7 Å². The highest BCUT2D eigenvalue weighted by molar-refractivity contribution is 7.98. The molecule has 3 heterocycles. The number of hydrogen-bond donors (Lipinski definition) is 0. The number of para-hydroxylation sites is 1. The maximum Gasteiger partial charge on any atom is 0.196 e. The SMILES string of the molecule is Cc1ccc2nc(-c3ccccc3)c(CSc3nnc(-c4ccc(C(C)(C)C)cc4)n3-c3ccccc3)n2c1. The van der Waals surface area contributed by atoms with E-state index in [-0.39, 0.29) is 5.41 Å². The zero-order valence-corrected chi connectivity index (χ0v) is 23.5. The van der Waals surface area contributed by atoms with Crippen LogP contribution >= 0.6 is 11.8 Å². The highest BCUT2D eigenvalue weighted by Crippen LogP contribution is 2.34. The van der Waals surface area contributed by atoms with Gasteiger partial charge in [0.1, 0.15) is 5.65 Å². The number of rotatable bonds is 6. The van der Waals surface area contributed by atoms with E-state index in [0.717, 1.165) is 44.8 Å². The molecule has 5 nitrogen and oxygen atoms in total. The first-order chi connectivity index (χ1) is 18.9. The fourth-order valence-electron chi connectivity index (χ4n) is 4.78. The molecule has 0 unspecified atom stereocenters. The monoisotopic (exact) mass is 529 g/mol. The second-order valence-corrected chi connectivity index (χ2v) is 11.7.